The second kappa shape index (κ2) is 5.46. The van der Waals surface area contributed by atoms with Crippen LogP contribution in [0.25, 0.3) is 0 Å². The zero-order valence-electron chi connectivity index (χ0n) is 12.8. The molecule has 0 spiro atoms. The number of aromatic carboxylic acids is 1. The number of carboxylic acids is 1. The summed E-state index contributed by atoms with van der Waals surface area (Å²) in [6.45, 7) is 7.56. The van der Waals surface area contributed by atoms with E-state index in [4.69, 9.17) is 5.11 Å². The Bertz CT molecular complexity index is 663. The van der Waals surface area contributed by atoms with Gasteiger partial charge < -0.3 is 10.1 Å². The topological polar surface area (TPSA) is 90.5 Å². The van der Waals surface area contributed by atoms with Crippen LogP contribution in [0, 0.1) is 19.8 Å². The summed E-state index contributed by atoms with van der Waals surface area (Å²) < 4.78 is 27.4. The van der Waals surface area contributed by atoms with Gasteiger partial charge >= 0.3 is 5.97 Å². The number of hydrogen-bond acceptors (Lipinski definition) is 3. The molecule has 0 amide bonds. The van der Waals surface area contributed by atoms with E-state index < -0.39 is 16.0 Å². The maximum Gasteiger partial charge on any atom is 0.352 e. The lowest BCUT2D eigenvalue weighted by Crippen LogP contribution is -2.45. The Hall–Kier alpha value is -1.34. The Morgan fingerprint density at radius 2 is 1.90 bits per heavy atom. The van der Waals surface area contributed by atoms with Crippen LogP contribution in [0.5, 0.6) is 0 Å². The molecule has 1 saturated heterocycles. The van der Waals surface area contributed by atoms with E-state index in [2.05, 4.69) is 4.98 Å². The van der Waals surface area contributed by atoms with E-state index in [9.17, 15) is 13.2 Å². The highest BCUT2D eigenvalue weighted by Crippen LogP contribution is 2.32. The summed E-state index contributed by atoms with van der Waals surface area (Å²) in [5.74, 6) is -0.827. The lowest BCUT2D eigenvalue weighted by Gasteiger charge is -2.35. The zero-order valence-corrected chi connectivity index (χ0v) is 13.6. The molecule has 1 aliphatic rings. The third-order valence-corrected chi connectivity index (χ3v) is 6.46. The first-order valence-corrected chi connectivity index (χ1v) is 8.54. The van der Waals surface area contributed by atoms with Gasteiger partial charge in [0.25, 0.3) is 0 Å². The number of carboxylic acid groups (broad SMARTS) is 1. The minimum atomic E-state index is -3.68. The number of rotatable bonds is 3. The van der Waals surface area contributed by atoms with Crippen molar-refractivity contribution in [1.82, 2.24) is 9.29 Å². The second-order valence-corrected chi connectivity index (χ2v) is 7.82. The van der Waals surface area contributed by atoms with Crippen LogP contribution in [0.15, 0.2) is 4.90 Å². The lowest BCUT2D eigenvalue weighted by atomic mass is 9.97. The molecule has 0 bridgehead atoms. The molecule has 2 N–H and O–H groups in total. The summed E-state index contributed by atoms with van der Waals surface area (Å²) in [7, 11) is -3.68. The van der Waals surface area contributed by atoms with Crippen molar-refractivity contribution in [2.45, 2.75) is 51.5 Å². The highest BCUT2D eigenvalue weighted by Gasteiger charge is 2.37. The van der Waals surface area contributed by atoms with Crippen molar-refractivity contribution in [3.63, 3.8) is 0 Å². The molecular weight excluding hydrogens is 292 g/mol. The van der Waals surface area contributed by atoms with E-state index in [0.717, 1.165) is 12.8 Å². The minimum Gasteiger partial charge on any atom is -0.477 e. The van der Waals surface area contributed by atoms with Crippen molar-refractivity contribution in [1.29, 1.82) is 0 Å². The number of nitrogens with zero attached hydrogens (tertiary/aromatic N) is 1. The SMILES string of the molecule is Cc1[nH]c(C(=O)O)c(C)c1S(=O)(=O)N1CC(C)CCC1C. The summed E-state index contributed by atoms with van der Waals surface area (Å²) in [5, 5.41) is 9.13. The Balaban J connectivity index is 2.52. The van der Waals surface area contributed by atoms with Gasteiger partial charge in [-0.2, -0.15) is 4.31 Å². The molecule has 6 nitrogen and oxygen atoms in total. The highest BCUT2D eigenvalue weighted by molar-refractivity contribution is 7.89. The second-order valence-electron chi connectivity index (χ2n) is 5.99. The molecule has 0 aromatic carbocycles. The largest absolute Gasteiger partial charge is 0.477 e. The van der Waals surface area contributed by atoms with Crippen LogP contribution in [0.3, 0.4) is 0 Å². The van der Waals surface area contributed by atoms with Gasteiger partial charge in [0.2, 0.25) is 10.0 Å². The van der Waals surface area contributed by atoms with Crippen LogP contribution >= 0.6 is 0 Å². The van der Waals surface area contributed by atoms with Gasteiger partial charge in [-0.1, -0.05) is 6.92 Å². The quantitative estimate of drug-likeness (QED) is 0.894. The van der Waals surface area contributed by atoms with E-state index in [1.54, 1.807) is 6.92 Å². The van der Waals surface area contributed by atoms with E-state index in [1.165, 1.54) is 11.2 Å². The maximum absolute atomic E-state index is 12.9. The molecular formula is C14H22N2O4S. The molecule has 118 valence electrons. The third-order valence-electron chi connectivity index (χ3n) is 4.21. The van der Waals surface area contributed by atoms with Crippen LogP contribution in [0.1, 0.15) is 48.4 Å². The average molecular weight is 314 g/mol. The number of aryl methyl sites for hydroxylation is 1. The lowest BCUT2D eigenvalue weighted by molar-refractivity contribution is 0.0690. The number of hydrogen-bond donors (Lipinski definition) is 2. The standard InChI is InChI=1S/C14H22N2O4S/c1-8-5-6-9(2)16(7-8)21(19,20)13-10(3)12(14(17)18)15-11(13)4/h8-9,15H,5-7H2,1-4H3,(H,17,18). The van der Waals surface area contributed by atoms with Crippen LogP contribution in [0.2, 0.25) is 0 Å². The van der Waals surface area contributed by atoms with Crippen LogP contribution in [-0.4, -0.2) is 41.4 Å². The molecule has 1 aromatic heterocycles. The Morgan fingerprint density at radius 1 is 1.29 bits per heavy atom. The monoisotopic (exact) mass is 314 g/mol. The summed E-state index contributed by atoms with van der Waals surface area (Å²) in [4.78, 5) is 14.0. The summed E-state index contributed by atoms with van der Waals surface area (Å²) in [6, 6.07) is -0.0619. The molecule has 1 fully saturated rings. The summed E-state index contributed by atoms with van der Waals surface area (Å²) in [5.41, 5.74) is 0.615. The predicted octanol–water partition coefficient (Wildman–Crippen LogP) is 2.14. The molecule has 0 saturated carbocycles. The van der Waals surface area contributed by atoms with Crippen molar-refractivity contribution < 1.29 is 18.3 Å². The van der Waals surface area contributed by atoms with Gasteiger partial charge in [0.1, 0.15) is 10.6 Å². The zero-order chi connectivity index (χ0) is 15.9. The Morgan fingerprint density at radius 3 is 2.43 bits per heavy atom. The van der Waals surface area contributed by atoms with Crippen LogP contribution in [0.4, 0.5) is 0 Å². The Kier molecular flexibility index (Phi) is 4.17. The van der Waals surface area contributed by atoms with Gasteiger partial charge in [0.15, 0.2) is 0 Å². The van der Waals surface area contributed by atoms with Gasteiger partial charge in [-0.15, -0.1) is 0 Å². The smallest absolute Gasteiger partial charge is 0.352 e. The van der Waals surface area contributed by atoms with E-state index in [1.807, 2.05) is 13.8 Å². The summed E-state index contributed by atoms with van der Waals surface area (Å²) >= 11 is 0. The summed E-state index contributed by atoms with van der Waals surface area (Å²) in [6.07, 6.45) is 1.84. The fourth-order valence-corrected chi connectivity index (χ4v) is 5.23. The van der Waals surface area contributed by atoms with Crippen molar-refractivity contribution >= 4 is 16.0 Å². The molecule has 1 aliphatic heterocycles. The number of nitrogens with one attached hydrogen (secondary N) is 1. The molecule has 2 atom stereocenters. The van der Waals surface area contributed by atoms with Gasteiger partial charge in [0.05, 0.1) is 0 Å². The molecule has 2 rings (SSSR count). The van der Waals surface area contributed by atoms with E-state index in [-0.39, 0.29) is 22.2 Å². The average Bonchev–Trinajstić information content (AvgIpc) is 2.68. The van der Waals surface area contributed by atoms with Gasteiger partial charge in [-0.05, 0) is 39.5 Å². The molecule has 2 heterocycles. The molecule has 0 radical (unpaired) electrons. The first kappa shape index (κ1) is 16.0. The number of carbonyl (C=O) groups is 1. The molecule has 7 heteroatoms. The minimum absolute atomic E-state index is 0.0521. The van der Waals surface area contributed by atoms with Crippen LogP contribution < -0.4 is 0 Å². The molecule has 1 aromatic rings. The maximum atomic E-state index is 12.9. The van der Waals surface area contributed by atoms with Gasteiger partial charge in [-0.3, -0.25) is 0 Å². The van der Waals surface area contributed by atoms with Crippen molar-refractivity contribution in [2.24, 2.45) is 5.92 Å². The van der Waals surface area contributed by atoms with Crippen molar-refractivity contribution in [3.8, 4) is 0 Å². The highest BCUT2D eigenvalue weighted by atomic mass is 32.2. The first-order valence-electron chi connectivity index (χ1n) is 7.10. The number of sulfonamides is 1. The van der Waals surface area contributed by atoms with E-state index in [0.29, 0.717) is 18.2 Å². The number of aromatic nitrogens is 1. The number of piperidine rings is 1. The first-order chi connectivity index (χ1) is 9.66. The normalized spacial score (nSPS) is 24.2. The third kappa shape index (κ3) is 2.72. The van der Waals surface area contributed by atoms with Crippen molar-refractivity contribution in [3.05, 3.63) is 17.0 Å². The fraction of sp³-hybridized carbons (Fsp3) is 0.643. The Labute approximate surface area is 125 Å². The van der Waals surface area contributed by atoms with Crippen molar-refractivity contribution in [2.75, 3.05) is 6.54 Å². The molecule has 2 unspecified atom stereocenters. The van der Waals surface area contributed by atoms with Crippen LogP contribution in [-0.2, 0) is 10.0 Å². The number of aromatic amines is 1. The van der Waals surface area contributed by atoms with Gasteiger partial charge in [0, 0.05) is 23.8 Å². The van der Waals surface area contributed by atoms with Gasteiger partial charge in [-0.25, -0.2) is 13.2 Å². The molecule has 21 heavy (non-hydrogen) atoms. The fourth-order valence-electron chi connectivity index (χ4n) is 3.03. The molecule has 0 aliphatic carbocycles. The number of H-pyrrole nitrogens is 1. The predicted molar refractivity (Wildman–Crippen MR) is 79.0 cm³/mol. The van der Waals surface area contributed by atoms with E-state index >= 15 is 0 Å².